The fraction of sp³-hybridized carbons (Fsp3) is 0.304. The van der Waals surface area contributed by atoms with Crippen LogP contribution in [0.3, 0.4) is 0 Å². The van der Waals surface area contributed by atoms with Gasteiger partial charge < -0.3 is 4.74 Å². The van der Waals surface area contributed by atoms with Crippen LogP contribution >= 0.6 is 0 Å². The van der Waals surface area contributed by atoms with Crippen LogP contribution in [0, 0.1) is 0 Å². The molecule has 0 saturated carbocycles. The second kappa shape index (κ2) is 7.63. The van der Waals surface area contributed by atoms with Gasteiger partial charge in [-0.2, -0.15) is 13.2 Å². The van der Waals surface area contributed by atoms with Gasteiger partial charge in [-0.15, -0.1) is 0 Å². The number of Topliss-reactive ketones (excluding diaryl/α,β-unsaturated/α-hetero) is 1. The van der Waals surface area contributed by atoms with Gasteiger partial charge in [-0.3, -0.25) is 14.5 Å². The average Bonchev–Trinajstić information content (AvgIpc) is 2.73. The van der Waals surface area contributed by atoms with E-state index in [1.165, 1.54) is 25.3 Å². The minimum atomic E-state index is -4.61. The predicted octanol–water partition coefficient (Wildman–Crippen LogP) is 5.24. The Labute approximate surface area is 171 Å². The molecule has 2 aromatic rings. The summed E-state index contributed by atoms with van der Waals surface area (Å²) in [5.41, 5.74) is 0.455. The van der Waals surface area contributed by atoms with Gasteiger partial charge in [-0.05, 0) is 42.7 Å². The fourth-order valence-electron chi connectivity index (χ4n) is 4.32. The maximum Gasteiger partial charge on any atom is 0.418 e. The van der Waals surface area contributed by atoms with Crippen molar-refractivity contribution in [1.82, 2.24) is 0 Å². The van der Waals surface area contributed by atoms with Gasteiger partial charge in [0.15, 0.2) is 5.78 Å². The van der Waals surface area contributed by atoms with E-state index in [4.69, 9.17) is 4.74 Å². The van der Waals surface area contributed by atoms with Crippen LogP contribution in [0.5, 0.6) is 5.75 Å². The maximum absolute atomic E-state index is 13.6. The number of halogens is 3. The van der Waals surface area contributed by atoms with Crippen LogP contribution in [0.2, 0.25) is 0 Å². The number of anilines is 1. The second-order valence-electron chi connectivity index (χ2n) is 7.41. The van der Waals surface area contributed by atoms with Crippen molar-refractivity contribution in [1.29, 1.82) is 0 Å². The molecule has 1 atom stereocenters. The Kier molecular flexibility index (Phi) is 5.13. The number of benzene rings is 2. The molecule has 7 heteroatoms. The molecule has 0 aromatic heterocycles. The van der Waals surface area contributed by atoms with E-state index in [1.807, 2.05) is 6.07 Å². The van der Waals surface area contributed by atoms with Crippen molar-refractivity contribution in [3.63, 3.8) is 0 Å². The Morgan fingerprint density at radius 3 is 2.53 bits per heavy atom. The first-order chi connectivity index (χ1) is 14.3. The number of amides is 1. The van der Waals surface area contributed by atoms with E-state index in [2.05, 4.69) is 0 Å². The molecule has 0 N–H and O–H groups in total. The second-order valence-corrected chi connectivity index (χ2v) is 7.41. The number of ketones is 1. The summed E-state index contributed by atoms with van der Waals surface area (Å²) in [5, 5.41) is 0. The summed E-state index contributed by atoms with van der Waals surface area (Å²) in [5.74, 6) is -0.473. The summed E-state index contributed by atoms with van der Waals surface area (Å²) in [6, 6.07) is 12.1. The smallest absolute Gasteiger partial charge is 0.418 e. The third-order valence-corrected chi connectivity index (χ3v) is 5.62. The average molecular weight is 415 g/mol. The summed E-state index contributed by atoms with van der Waals surface area (Å²) in [7, 11) is 1.53. The highest BCUT2D eigenvalue weighted by Gasteiger charge is 2.43. The van der Waals surface area contributed by atoms with E-state index < -0.39 is 23.6 Å². The first kappa shape index (κ1) is 20.2. The van der Waals surface area contributed by atoms with Crippen molar-refractivity contribution in [2.45, 2.75) is 37.8 Å². The van der Waals surface area contributed by atoms with Crippen LogP contribution in [0.4, 0.5) is 18.9 Å². The van der Waals surface area contributed by atoms with Crippen LogP contribution in [0.25, 0.3) is 0 Å². The van der Waals surface area contributed by atoms with E-state index >= 15 is 0 Å². The number of nitrogens with zero attached hydrogens (tertiary/aromatic N) is 1. The van der Waals surface area contributed by atoms with Gasteiger partial charge in [0.25, 0.3) is 0 Å². The quantitative estimate of drug-likeness (QED) is 0.689. The van der Waals surface area contributed by atoms with Crippen molar-refractivity contribution in [3.8, 4) is 5.75 Å². The Morgan fingerprint density at radius 1 is 1.03 bits per heavy atom. The summed E-state index contributed by atoms with van der Waals surface area (Å²) in [4.78, 5) is 27.2. The molecule has 4 rings (SSSR count). The summed E-state index contributed by atoms with van der Waals surface area (Å²) in [6.07, 6.45) is -3.49. The number of carbonyl (C=O) groups excluding carboxylic acids is 2. The SMILES string of the molecule is COc1cccc(C2CC(=O)N(c3ccccc3C(F)(F)F)C3=C2C(=O)CCC3)c1. The van der Waals surface area contributed by atoms with Crippen molar-refractivity contribution in [2.75, 3.05) is 12.0 Å². The molecule has 0 saturated heterocycles. The summed E-state index contributed by atoms with van der Waals surface area (Å²) < 4.78 is 46.1. The zero-order chi connectivity index (χ0) is 21.5. The van der Waals surface area contributed by atoms with Crippen LogP contribution < -0.4 is 9.64 Å². The number of rotatable bonds is 3. The molecular formula is C23H20F3NO3. The first-order valence-corrected chi connectivity index (χ1v) is 9.70. The van der Waals surface area contributed by atoms with Gasteiger partial charge >= 0.3 is 6.18 Å². The molecule has 0 spiro atoms. The molecule has 2 aliphatic rings. The van der Waals surface area contributed by atoms with Crippen LogP contribution in [0.15, 0.2) is 59.8 Å². The topological polar surface area (TPSA) is 46.6 Å². The Hall–Kier alpha value is -3.09. The Morgan fingerprint density at radius 2 is 1.80 bits per heavy atom. The highest BCUT2D eigenvalue weighted by atomic mass is 19.4. The molecule has 4 nitrogen and oxygen atoms in total. The molecule has 1 amide bonds. The molecule has 30 heavy (non-hydrogen) atoms. The lowest BCUT2D eigenvalue weighted by Gasteiger charge is -2.39. The van der Waals surface area contributed by atoms with Crippen molar-refractivity contribution >= 4 is 17.4 Å². The highest BCUT2D eigenvalue weighted by molar-refractivity contribution is 6.07. The van der Waals surface area contributed by atoms with Gasteiger partial charge in [0, 0.05) is 30.0 Å². The van der Waals surface area contributed by atoms with Crippen LogP contribution in [-0.4, -0.2) is 18.8 Å². The van der Waals surface area contributed by atoms with Crippen molar-refractivity contribution in [2.24, 2.45) is 0 Å². The van der Waals surface area contributed by atoms with E-state index in [-0.39, 0.29) is 17.9 Å². The summed E-state index contributed by atoms with van der Waals surface area (Å²) in [6.45, 7) is 0. The third-order valence-electron chi connectivity index (χ3n) is 5.62. The van der Waals surface area contributed by atoms with Gasteiger partial charge in [-0.25, -0.2) is 0 Å². The van der Waals surface area contributed by atoms with Gasteiger partial charge in [-0.1, -0.05) is 24.3 Å². The number of alkyl halides is 3. The lowest BCUT2D eigenvalue weighted by atomic mass is 9.77. The van der Waals surface area contributed by atoms with Crippen LogP contribution in [0.1, 0.15) is 42.7 Å². The van der Waals surface area contributed by atoms with E-state index in [1.54, 1.807) is 18.2 Å². The number of allylic oxidation sites excluding steroid dienone is 2. The molecule has 0 bridgehead atoms. The molecule has 0 radical (unpaired) electrons. The lowest BCUT2D eigenvalue weighted by molar-refractivity contribution is -0.137. The van der Waals surface area contributed by atoms with Crippen molar-refractivity contribution < 1.29 is 27.5 Å². The third kappa shape index (κ3) is 3.49. The Balaban J connectivity index is 1.89. The molecule has 156 valence electrons. The maximum atomic E-state index is 13.6. The van der Waals surface area contributed by atoms with E-state index in [0.29, 0.717) is 36.3 Å². The van der Waals surface area contributed by atoms with Gasteiger partial charge in [0.2, 0.25) is 5.91 Å². The van der Waals surface area contributed by atoms with E-state index in [9.17, 15) is 22.8 Å². The number of carbonyl (C=O) groups is 2. The normalized spacial score (nSPS) is 19.7. The molecule has 1 aliphatic heterocycles. The largest absolute Gasteiger partial charge is 0.497 e. The number of para-hydroxylation sites is 1. The molecule has 1 unspecified atom stereocenters. The predicted molar refractivity (Wildman–Crippen MR) is 105 cm³/mol. The standard InChI is InChI=1S/C23H20F3NO3/c1-30-15-7-4-6-14(12-15)16-13-21(29)27(19-10-5-11-20(28)22(16)19)18-9-3-2-8-17(18)23(24,25)26/h2-4,6-9,12,16H,5,10-11,13H2,1H3. The van der Waals surface area contributed by atoms with Crippen LogP contribution in [-0.2, 0) is 15.8 Å². The fourth-order valence-corrected chi connectivity index (χ4v) is 4.32. The minimum Gasteiger partial charge on any atom is -0.497 e. The number of hydrogen-bond acceptors (Lipinski definition) is 3. The molecule has 1 heterocycles. The monoisotopic (exact) mass is 415 g/mol. The first-order valence-electron chi connectivity index (χ1n) is 9.70. The molecule has 1 aliphatic carbocycles. The Bertz CT molecular complexity index is 1040. The highest BCUT2D eigenvalue weighted by Crippen LogP contribution is 2.46. The summed E-state index contributed by atoms with van der Waals surface area (Å²) >= 11 is 0. The van der Waals surface area contributed by atoms with Crippen molar-refractivity contribution in [3.05, 3.63) is 70.9 Å². The number of methoxy groups -OCH3 is 1. The minimum absolute atomic E-state index is 0.0794. The van der Waals surface area contributed by atoms with E-state index in [0.717, 1.165) is 16.5 Å². The lowest BCUT2D eigenvalue weighted by Crippen LogP contribution is -2.41. The zero-order valence-electron chi connectivity index (χ0n) is 16.3. The number of hydrogen-bond donors (Lipinski definition) is 0. The molecule has 0 fully saturated rings. The molecular weight excluding hydrogens is 395 g/mol. The van der Waals surface area contributed by atoms with Gasteiger partial charge in [0.05, 0.1) is 18.4 Å². The van der Waals surface area contributed by atoms with Gasteiger partial charge in [0.1, 0.15) is 5.75 Å². The molecule has 2 aromatic carbocycles. The number of ether oxygens (including phenoxy) is 1. The zero-order valence-corrected chi connectivity index (χ0v) is 16.3.